The number of carbonyl (C=O) groups is 2. The molecule has 3 aromatic carbocycles. The number of carbonyl (C=O) groups excluding carboxylic acids is 2. The summed E-state index contributed by atoms with van der Waals surface area (Å²) >= 11 is 0. The molecule has 134 valence electrons. The Labute approximate surface area is 157 Å². The molecule has 0 radical (unpaired) electrons. The average Bonchev–Trinajstić information content (AvgIpc) is 2.99. The molecular formula is C22H18N2O3. The Morgan fingerprint density at radius 1 is 0.741 bits per heavy atom. The van der Waals surface area contributed by atoms with Gasteiger partial charge in [0.2, 0.25) is 0 Å². The van der Waals surface area contributed by atoms with Gasteiger partial charge in [0.25, 0.3) is 5.91 Å². The second-order valence-corrected chi connectivity index (χ2v) is 6.27. The van der Waals surface area contributed by atoms with Crippen molar-refractivity contribution in [2.75, 3.05) is 0 Å². The number of hydrogen-bond acceptors (Lipinski definition) is 3. The van der Waals surface area contributed by atoms with Crippen LogP contribution in [0.2, 0.25) is 0 Å². The molecule has 0 bridgehead atoms. The summed E-state index contributed by atoms with van der Waals surface area (Å²) in [6.07, 6.45) is 0. The number of imide groups is 1. The van der Waals surface area contributed by atoms with Gasteiger partial charge in [-0.3, -0.25) is 9.63 Å². The first-order valence-corrected chi connectivity index (χ1v) is 8.66. The smallest absolute Gasteiger partial charge is 0.314 e. The Kier molecular flexibility index (Phi) is 4.44. The lowest BCUT2D eigenvalue weighted by Gasteiger charge is -2.27. The number of hydroxylamine groups is 2. The Morgan fingerprint density at radius 3 is 1.74 bits per heavy atom. The maximum atomic E-state index is 13.4. The Bertz CT molecular complexity index is 904. The number of amides is 3. The monoisotopic (exact) mass is 358 g/mol. The second kappa shape index (κ2) is 7.05. The van der Waals surface area contributed by atoms with E-state index >= 15 is 0 Å². The molecule has 0 unspecified atom stereocenters. The van der Waals surface area contributed by atoms with Gasteiger partial charge < -0.3 is 5.32 Å². The van der Waals surface area contributed by atoms with Gasteiger partial charge in [0.05, 0.1) is 0 Å². The first-order chi connectivity index (χ1) is 13.2. The maximum absolute atomic E-state index is 13.4. The van der Waals surface area contributed by atoms with E-state index in [1.54, 1.807) is 0 Å². The fourth-order valence-electron chi connectivity index (χ4n) is 3.27. The summed E-state index contributed by atoms with van der Waals surface area (Å²) in [5.41, 5.74) is 0.923. The lowest BCUT2D eigenvalue weighted by molar-refractivity contribution is -0.169. The zero-order valence-corrected chi connectivity index (χ0v) is 14.5. The number of nitrogens with zero attached hydrogens (tertiary/aromatic N) is 1. The van der Waals surface area contributed by atoms with Crippen LogP contribution in [-0.4, -0.2) is 17.0 Å². The fourth-order valence-corrected chi connectivity index (χ4v) is 3.27. The van der Waals surface area contributed by atoms with Gasteiger partial charge in [0, 0.05) is 0 Å². The van der Waals surface area contributed by atoms with Crippen LogP contribution in [0.4, 0.5) is 4.79 Å². The zero-order valence-electron chi connectivity index (χ0n) is 14.5. The van der Waals surface area contributed by atoms with E-state index in [1.165, 1.54) is 0 Å². The van der Waals surface area contributed by atoms with Crippen molar-refractivity contribution < 1.29 is 14.4 Å². The van der Waals surface area contributed by atoms with Gasteiger partial charge >= 0.3 is 6.03 Å². The molecule has 1 saturated heterocycles. The summed E-state index contributed by atoms with van der Waals surface area (Å²) in [4.78, 5) is 31.6. The van der Waals surface area contributed by atoms with Crippen LogP contribution in [0.5, 0.6) is 0 Å². The quantitative estimate of drug-likeness (QED) is 0.709. The molecule has 4 rings (SSSR count). The third kappa shape index (κ3) is 2.98. The molecule has 1 N–H and O–H groups in total. The van der Waals surface area contributed by atoms with Crippen molar-refractivity contribution in [3.8, 4) is 0 Å². The molecule has 0 aliphatic carbocycles. The highest BCUT2D eigenvalue weighted by Crippen LogP contribution is 2.36. The third-order valence-corrected chi connectivity index (χ3v) is 4.60. The molecule has 5 nitrogen and oxygen atoms in total. The van der Waals surface area contributed by atoms with Crippen molar-refractivity contribution in [3.63, 3.8) is 0 Å². The minimum absolute atomic E-state index is 0.125. The SMILES string of the molecule is O=C1NC(c2ccccc2)(c2ccccc2)C(=O)N1OCc1ccccc1. The van der Waals surface area contributed by atoms with E-state index in [0.29, 0.717) is 11.1 Å². The number of urea groups is 1. The summed E-state index contributed by atoms with van der Waals surface area (Å²) in [6.45, 7) is 0.125. The minimum atomic E-state index is -1.31. The van der Waals surface area contributed by atoms with Crippen LogP contribution in [-0.2, 0) is 21.8 Å². The first-order valence-electron chi connectivity index (χ1n) is 8.66. The van der Waals surface area contributed by atoms with Crippen LogP contribution in [0.25, 0.3) is 0 Å². The van der Waals surface area contributed by atoms with Crippen LogP contribution in [0.3, 0.4) is 0 Å². The van der Waals surface area contributed by atoms with Crippen LogP contribution in [0.1, 0.15) is 16.7 Å². The largest absolute Gasteiger partial charge is 0.350 e. The molecule has 27 heavy (non-hydrogen) atoms. The van der Waals surface area contributed by atoms with Gasteiger partial charge in [-0.05, 0) is 16.7 Å². The highest BCUT2D eigenvalue weighted by Gasteiger charge is 2.54. The third-order valence-electron chi connectivity index (χ3n) is 4.60. The van der Waals surface area contributed by atoms with Gasteiger partial charge in [-0.25, -0.2) is 4.79 Å². The predicted octanol–water partition coefficient (Wildman–Crippen LogP) is 3.61. The minimum Gasteiger partial charge on any atom is -0.314 e. The van der Waals surface area contributed by atoms with Crippen LogP contribution >= 0.6 is 0 Å². The molecule has 0 spiro atoms. The first kappa shape index (κ1) is 17.0. The summed E-state index contributed by atoms with van der Waals surface area (Å²) in [5, 5.41) is 3.67. The Balaban J connectivity index is 1.71. The van der Waals surface area contributed by atoms with Gasteiger partial charge in [-0.2, -0.15) is 0 Å². The fraction of sp³-hybridized carbons (Fsp3) is 0.0909. The van der Waals surface area contributed by atoms with Gasteiger partial charge in [0.1, 0.15) is 6.61 Å². The van der Waals surface area contributed by atoms with Crippen LogP contribution in [0.15, 0.2) is 91.0 Å². The molecular weight excluding hydrogens is 340 g/mol. The van der Waals surface area contributed by atoms with Gasteiger partial charge in [-0.15, -0.1) is 5.06 Å². The second-order valence-electron chi connectivity index (χ2n) is 6.27. The Hall–Kier alpha value is -3.44. The average molecular weight is 358 g/mol. The van der Waals surface area contributed by atoms with E-state index in [9.17, 15) is 9.59 Å². The van der Waals surface area contributed by atoms with E-state index < -0.39 is 17.5 Å². The summed E-state index contributed by atoms with van der Waals surface area (Å²) < 4.78 is 0. The molecule has 1 heterocycles. The van der Waals surface area contributed by atoms with Crippen LogP contribution < -0.4 is 5.32 Å². The zero-order chi connectivity index (χ0) is 18.7. The van der Waals surface area contributed by atoms with Crippen molar-refractivity contribution in [1.82, 2.24) is 10.4 Å². The van der Waals surface area contributed by atoms with E-state index in [0.717, 1.165) is 10.6 Å². The molecule has 0 atom stereocenters. The molecule has 1 aliphatic heterocycles. The van der Waals surface area contributed by atoms with Crippen molar-refractivity contribution in [2.24, 2.45) is 0 Å². The van der Waals surface area contributed by atoms with Crippen molar-refractivity contribution in [3.05, 3.63) is 108 Å². The standard InChI is InChI=1S/C22H18N2O3/c25-20-22(18-12-6-2-7-13-18,19-14-8-3-9-15-19)23-21(26)24(20)27-16-17-10-4-1-5-11-17/h1-15H,16H2,(H,23,26). The number of nitrogens with one attached hydrogen (secondary N) is 1. The highest BCUT2D eigenvalue weighted by atomic mass is 16.7. The van der Waals surface area contributed by atoms with Crippen molar-refractivity contribution in [2.45, 2.75) is 12.1 Å². The van der Waals surface area contributed by atoms with Gasteiger partial charge in [0.15, 0.2) is 5.54 Å². The number of benzene rings is 3. The summed E-state index contributed by atoms with van der Waals surface area (Å²) in [6, 6.07) is 27.2. The molecule has 0 saturated carbocycles. The number of hydrogen-bond donors (Lipinski definition) is 1. The van der Waals surface area contributed by atoms with Crippen molar-refractivity contribution in [1.29, 1.82) is 0 Å². The summed E-state index contributed by atoms with van der Waals surface area (Å²) in [7, 11) is 0. The van der Waals surface area contributed by atoms with Gasteiger partial charge in [-0.1, -0.05) is 91.0 Å². The highest BCUT2D eigenvalue weighted by molar-refractivity contribution is 6.08. The molecule has 1 fully saturated rings. The van der Waals surface area contributed by atoms with E-state index in [1.807, 2.05) is 91.0 Å². The lowest BCUT2D eigenvalue weighted by atomic mass is 9.83. The maximum Gasteiger partial charge on any atom is 0.350 e. The Morgan fingerprint density at radius 2 is 1.22 bits per heavy atom. The van der Waals surface area contributed by atoms with E-state index in [2.05, 4.69) is 5.32 Å². The molecule has 3 amide bonds. The number of rotatable bonds is 5. The summed E-state index contributed by atoms with van der Waals surface area (Å²) in [5.74, 6) is -0.458. The molecule has 1 aliphatic rings. The van der Waals surface area contributed by atoms with E-state index in [4.69, 9.17) is 4.84 Å². The van der Waals surface area contributed by atoms with Crippen molar-refractivity contribution >= 4 is 11.9 Å². The molecule has 0 aromatic heterocycles. The normalized spacial score (nSPS) is 15.6. The topological polar surface area (TPSA) is 58.6 Å². The lowest BCUT2D eigenvalue weighted by Crippen LogP contribution is -2.45. The molecule has 5 heteroatoms. The van der Waals surface area contributed by atoms with Crippen LogP contribution in [0, 0.1) is 0 Å². The molecule has 3 aromatic rings. The van der Waals surface area contributed by atoms with E-state index in [-0.39, 0.29) is 6.61 Å². The predicted molar refractivity (Wildman–Crippen MR) is 100 cm³/mol.